The summed E-state index contributed by atoms with van der Waals surface area (Å²) < 4.78 is 5.44. The fourth-order valence-electron chi connectivity index (χ4n) is 2.96. The molecule has 130 valence electrons. The minimum atomic E-state index is -0.0846. The smallest absolute Gasteiger partial charge is 0.249 e. The standard InChI is InChI=1S/C17H22N4O2.ClH/c1-2-4-15(22)21-10-3-5-14(21)17-19-16(20-23-17)13-8-6-12(11-18)7-9-13;/h6-9,14H,2-5,10-11,18H2,1H3;1H. The van der Waals surface area contributed by atoms with Crippen LogP contribution in [0.4, 0.5) is 0 Å². The van der Waals surface area contributed by atoms with Crippen LogP contribution in [0.1, 0.15) is 50.1 Å². The lowest BCUT2D eigenvalue weighted by molar-refractivity contribution is -0.132. The molecule has 1 amide bonds. The summed E-state index contributed by atoms with van der Waals surface area (Å²) in [6, 6.07) is 7.70. The highest BCUT2D eigenvalue weighted by atomic mass is 35.5. The summed E-state index contributed by atoms with van der Waals surface area (Å²) in [5.41, 5.74) is 7.56. The molecule has 0 saturated carbocycles. The van der Waals surface area contributed by atoms with E-state index in [0.717, 1.165) is 36.9 Å². The van der Waals surface area contributed by atoms with Crippen LogP contribution in [-0.4, -0.2) is 27.5 Å². The van der Waals surface area contributed by atoms with Crippen molar-refractivity contribution in [2.24, 2.45) is 5.73 Å². The van der Waals surface area contributed by atoms with Crippen LogP contribution < -0.4 is 5.73 Å². The lowest BCUT2D eigenvalue weighted by Gasteiger charge is -2.21. The van der Waals surface area contributed by atoms with Crippen molar-refractivity contribution in [1.29, 1.82) is 0 Å². The molecule has 1 unspecified atom stereocenters. The first kappa shape index (κ1) is 18.4. The molecule has 1 fully saturated rings. The topological polar surface area (TPSA) is 85.2 Å². The fourth-order valence-corrected chi connectivity index (χ4v) is 2.96. The van der Waals surface area contributed by atoms with Crippen molar-refractivity contribution in [3.05, 3.63) is 35.7 Å². The number of carbonyl (C=O) groups excluding carboxylic acids is 1. The molecule has 2 heterocycles. The van der Waals surface area contributed by atoms with E-state index in [4.69, 9.17) is 10.3 Å². The van der Waals surface area contributed by atoms with Gasteiger partial charge in [0, 0.05) is 25.1 Å². The van der Waals surface area contributed by atoms with Crippen LogP contribution in [0.25, 0.3) is 11.4 Å². The number of nitrogens with two attached hydrogens (primary N) is 1. The second-order valence-electron chi connectivity index (χ2n) is 5.85. The minimum Gasteiger partial charge on any atom is -0.337 e. The number of amides is 1. The average Bonchev–Trinajstić information content (AvgIpc) is 3.24. The number of carbonyl (C=O) groups is 1. The van der Waals surface area contributed by atoms with Crippen molar-refractivity contribution in [3.63, 3.8) is 0 Å². The summed E-state index contributed by atoms with van der Waals surface area (Å²) in [5.74, 6) is 1.25. The molecule has 6 nitrogen and oxygen atoms in total. The quantitative estimate of drug-likeness (QED) is 0.895. The molecule has 1 saturated heterocycles. The molecule has 1 aliphatic heterocycles. The van der Waals surface area contributed by atoms with Crippen molar-refractivity contribution < 1.29 is 9.32 Å². The maximum absolute atomic E-state index is 12.2. The zero-order valence-electron chi connectivity index (χ0n) is 13.8. The Balaban J connectivity index is 0.00000208. The lowest BCUT2D eigenvalue weighted by Crippen LogP contribution is -2.30. The maximum atomic E-state index is 12.2. The summed E-state index contributed by atoms with van der Waals surface area (Å²) in [7, 11) is 0. The van der Waals surface area contributed by atoms with Gasteiger partial charge in [-0.1, -0.05) is 36.3 Å². The Morgan fingerprint density at radius 3 is 2.79 bits per heavy atom. The molecule has 3 rings (SSSR count). The number of nitrogens with zero attached hydrogens (tertiary/aromatic N) is 3. The van der Waals surface area contributed by atoms with Gasteiger partial charge in [-0.2, -0.15) is 4.98 Å². The van der Waals surface area contributed by atoms with Gasteiger partial charge in [-0.25, -0.2) is 0 Å². The molecule has 1 atom stereocenters. The van der Waals surface area contributed by atoms with Gasteiger partial charge in [0.25, 0.3) is 0 Å². The zero-order valence-corrected chi connectivity index (χ0v) is 14.6. The Morgan fingerprint density at radius 2 is 2.12 bits per heavy atom. The predicted molar refractivity (Wildman–Crippen MR) is 93.5 cm³/mol. The Labute approximate surface area is 147 Å². The molecule has 0 radical (unpaired) electrons. The third kappa shape index (κ3) is 3.76. The van der Waals surface area contributed by atoms with Crippen LogP contribution in [0.5, 0.6) is 0 Å². The molecule has 0 aliphatic carbocycles. The van der Waals surface area contributed by atoms with Crippen molar-refractivity contribution in [1.82, 2.24) is 15.0 Å². The largest absolute Gasteiger partial charge is 0.337 e. The third-order valence-electron chi connectivity index (χ3n) is 4.21. The summed E-state index contributed by atoms with van der Waals surface area (Å²) >= 11 is 0. The number of hydrogen-bond acceptors (Lipinski definition) is 5. The molecule has 1 aliphatic rings. The van der Waals surface area contributed by atoms with Gasteiger partial charge in [0.1, 0.15) is 6.04 Å². The van der Waals surface area contributed by atoms with Crippen LogP contribution in [0.15, 0.2) is 28.8 Å². The molecule has 7 heteroatoms. The highest BCUT2D eigenvalue weighted by Crippen LogP contribution is 2.32. The van der Waals surface area contributed by atoms with Gasteiger partial charge in [0.15, 0.2) is 0 Å². The van der Waals surface area contributed by atoms with Gasteiger partial charge in [-0.05, 0) is 24.8 Å². The number of aromatic nitrogens is 2. The van der Waals surface area contributed by atoms with E-state index in [0.29, 0.717) is 24.7 Å². The molecule has 24 heavy (non-hydrogen) atoms. The second kappa shape index (κ2) is 8.26. The van der Waals surface area contributed by atoms with Crippen LogP contribution in [0.2, 0.25) is 0 Å². The van der Waals surface area contributed by atoms with E-state index in [1.807, 2.05) is 36.1 Å². The Morgan fingerprint density at radius 1 is 1.38 bits per heavy atom. The van der Waals surface area contributed by atoms with E-state index >= 15 is 0 Å². The highest BCUT2D eigenvalue weighted by molar-refractivity contribution is 5.85. The molecule has 1 aromatic heterocycles. The van der Waals surface area contributed by atoms with Gasteiger partial charge in [0.2, 0.25) is 17.6 Å². The van der Waals surface area contributed by atoms with E-state index in [1.165, 1.54) is 0 Å². The van der Waals surface area contributed by atoms with Crippen molar-refractivity contribution in [3.8, 4) is 11.4 Å². The lowest BCUT2D eigenvalue weighted by atomic mass is 10.1. The van der Waals surface area contributed by atoms with E-state index in [1.54, 1.807) is 0 Å². The normalized spacial score (nSPS) is 16.9. The summed E-state index contributed by atoms with van der Waals surface area (Å²) in [6.45, 7) is 3.29. The Hall–Kier alpha value is -1.92. The van der Waals surface area contributed by atoms with E-state index in [9.17, 15) is 4.79 Å². The Kier molecular flexibility index (Phi) is 6.34. The fraction of sp³-hybridized carbons (Fsp3) is 0.471. The van der Waals surface area contributed by atoms with E-state index in [2.05, 4.69) is 10.1 Å². The molecular formula is C17H23ClN4O2. The van der Waals surface area contributed by atoms with E-state index in [-0.39, 0.29) is 24.4 Å². The monoisotopic (exact) mass is 350 g/mol. The van der Waals surface area contributed by atoms with Crippen LogP contribution >= 0.6 is 12.4 Å². The van der Waals surface area contributed by atoms with E-state index < -0.39 is 0 Å². The van der Waals surface area contributed by atoms with Crippen LogP contribution in [0.3, 0.4) is 0 Å². The zero-order chi connectivity index (χ0) is 16.2. The summed E-state index contributed by atoms with van der Waals surface area (Å²) in [6.07, 6.45) is 3.27. The molecule has 0 bridgehead atoms. The number of hydrogen-bond donors (Lipinski definition) is 1. The predicted octanol–water partition coefficient (Wildman–Crippen LogP) is 3.08. The Bertz CT molecular complexity index is 671. The molecular weight excluding hydrogens is 328 g/mol. The van der Waals surface area contributed by atoms with Gasteiger partial charge in [0.05, 0.1) is 0 Å². The van der Waals surface area contributed by atoms with Crippen molar-refractivity contribution in [2.75, 3.05) is 6.54 Å². The molecule has 2 aromatic rings. The summed E-state index contributed by atoms with van der Waals surface area (Å²) in [5, 5.41) is 4.07. The van der Waals surface area contributed by atoms with Gasteiger partial charge in [-0.15, -0.1) is 12.4 Å². The average molecular weight is 351 g/mol. The number of rotatable bonds is 5. The maximum Gasteiger partial charge on any atom is 0.249 e. The number of likely N-dealkylation sites (tertiary alicyclic amines) is 1. The number of halogens is 1. The van der Waals surface area contributed by atoms with Crippen LogP contribution in [-0.2, 0) is 11.3 Å². The van der Waals surface area contributed by atoms with Crippen LogP contribution in [0, 0.1) is 0 Å². The van der Waals surface area contributed by atoms with Crippen molar-refractivity contribution >= 4 is 18.3 Å². The first-order valence-electron chi connectivity index (χ1n) is 8.15. The molecule has 1 aromatic carbocycles. The van der Waals surface area contributed by atoms with Gasteiger partial charge >= 0.3 is 0 Å². The second-order valence-corrected chi connectivity index (χ2v) is 5.85. The highest BCUT2D eigenvalue weighted by Gasteiger charge is 2.33. The van der Waals surface area contributed by atoms with Gasteiger partial charge in [-0.3, -0.25) is 4.79 Å². The summed E-state index contributed by atoms with van der Waals surface area (Å²) in [4.78, 5) is 18.6. The number of benzene rings is 1. The third-order valence-corrected chi connectivity index (χ3v) is 4.21. The SMILES string of the molecule is CCCC(=O)N1CCCC1c1nc(-c2ccc(CN)cc2)no1.Cl. The first-order chi connectivity index (χ1) is 11.2. The van der Waals surface area contributed by atoms with Gasteiger partial charge < -0.3 is 15.2 Å². The first-order valence-corrected chi connectivity index (χ1v) is 8.15. The van der Waals surface area contributed by atoms with Crippen molar-refractivity contribution in [2.45, 2.75) is 45.2 Å². The molecule has 0 spiro atoms. The molecule has 2 N–H and O–H groups in total. The minimum absolute atomic E-state index is 0.